The van der Waals surface area contributed by atoms with Crippen molar-refractivity contribution in [1.82, 2.24) is 0 Å². The first-order valence-electron chi connectivity index (χ1n) is 5.95. The number of hydrogen-bond donors (Lipinski definition) is 2. The average Bonchev–Trinajstić information content (AvgIpc) is 2.27. The topological polar surface area (TPSA) is 43.7 Å². The number of aliphatic hydroxyl groups excluding tert-OH is 2. The maximum atomic E-state index is 9.38. The van der Waals surface area contributed by atoms with Gasteiger partial charge in [-0.3, -0.25) is 0 Å². The first kappa shape index (κ1) is 14.0. The Morgan fingerprint density at radius 3 is 2.12 bits per heavy atom. The molecule has 0 aliphatic rings. The Kier molecular flexibility index (Phi) is 4.54. The van der Waals surface area contributed by atoms with Gasteiger partial charge >= 0.3 is 0 Å². The van der Waals surface area contributed by atoms with Gasteiger partial charge in [0.2, 0.25) is 0 Å². The molecule has 3 heteroatoms. The molecule has 0 amide bonds. The van der Waals surface area contributed by atoms with Crippen molar-refractivity contribution in [2.24, 2.45) is 0 Å². The quantitative estimate of drug-likeness (QED) is 0.839. The van der Waals surface area contributed by atoms with Crippen molar-refractivity contribution in [3.05, 3.63) is 29.8 Å². The van der Waals surface area contributed by atoms with E-state index in [0.717, 1.165) is 5.69 Å². The summed E-state index contributed by atoms with van der Waals surface area (Å²) in [6, 6.07) is 8.31. The van der Waals surface area contributed by atoms with Gasteiger partial charge in [0.1, 0.15) is 0 Å². The number of benzene rings is 1. The van der Waals surface area contributed by atoms with Gasteiger partial charge in [-0.2, -0.15) is 0 Å². The fraction of sp³-hybridized carbons (Fsp3) is 0.571. The highest BCUT2D eigenvalue weighted by atomic mass is 16.3. The molecule has 0 saturated heterocycles. The van der Waals surface area contributed by atoms with Crippen LogP contribution in [0, 0.1) is 0 Å². The number of aliphatic hydroxyl groups is 2. The third-order valence-electron chi connectivity index (χ3n) is 2.87. The largest absolute Gasteiger partial charge is 0.394 e. The van der Waals surface area contributed by atoms with Crippen molar-refractivity contribution < 1.29 is 10.2 Å². The van der Waals surface area contributed by atoms with E-state index >= 15 is 0 Å². The summed E-state index contributed by atoms with van der Waals surface area (Å²) in [5.41, 5.74) is 2.49. The summed E-state index contributed by atoms with van der Waals surface area (Å²) in [6.07, 6.45) is -0.692. The van der Waals surface area contributed by atoms with Gasteiger partial charge in [0.05, 0.1) is 12.7 Å². The van der Waals surface area contributed by atoms with Crippen LogP contribution in [0.4, 0.5) is 5.69 Å². The summed E-state index contributed by atoms with van der Waals surface area (Å²) in [7, 11) is 1.91. The molecule has 1 aromatic rings. The molecule has 0 aromatic heterocycles. The fourth-order valence-corrected chi connectivity index (χ4v) is 1.70. The standard InChI is InChI=1S/C14H23NO2/c1-14(2,3)11-5-7-12(8-6-11)15(4)9-13(17)10-16/h5-8,13,16-17H,9-10H2,1-4H3. The number of anilines is 1. The van der Waals surface area contributed by atoms with Crippen LogP contribution in [0.1, 0.15) is 26.3 Å². The monoisotopic (exact) mass is 237 g/mol. The van der Waals surface area contributed by atoms with Crippen LogP contribution in [0.25, 0.3) is 0 Å². The molecule has 1 aromatic carbocycles. The molecule has 1 unspecified atom stereocenters. The van der Waals surface area contributed by atoms with Crippen LogP contribution >= 0.6 is 0 Å². The molecule has 1 atom stereocenters. The molecule has 96 valence electrons. The van der Waals surface area contributed by atoms with Crippen LogP contribution in [0.2, 0.25) is 0 Å². The Morgan fingerprint density at radius 2 is 1.71 bits per heavy atom. The molecule has 0 aliphatic heterocycles. The Labute approximate surface area is 104 Å². The van der Waals surface area contributed by atoms with Gasteiger partial charge in [0.15, 0.2) is 0 Å². The minimum Gasteiger partial charge on any atom is -0.394 e. The predicted octanol–water partition coefficient (Wildman–Crippen LogP) is 1.77. The van der Waals surface area contributed by atoms with Gasteiger partial charge in [-0.25, -0.2) is 0 Å². The highest BCUT2D eigenvalue weighted by Crippen LogP contribution is 2.24. The number of likely N-dealkylation sites (N-methyl/N-ethyl adjacent to an activating group) is 1. The second kappa shape index (κ2) is 5.52. The highest BCUT2D eigenvalue weighted by Gasteiger charge is 2.14. The molecule has 0 radical (unpaired) electrons. The molecule has 1 rings (SSSR count). The maximum Gasteiger partial charge on any atom is 0.0945 e. The van der Waals surface area contributed by atoms with Crippen molar-refractivity contribution in [3.63, 3.8) is 0 Å². The van der Waals surface area contributed by atoms with Crippen LogP contribution < -0.4 is 4.90 Å². The molecular weight excluding hydrogens is 214 g/mol. The zero-order valence-electron chi connectivity index (χ0n) is 11.1. The summed E-state index contributed by atoms with van der Waals surface area (Å²) in [4.78, 5) is 1.94. The normalized spacial score (nSPS) is 13.5. The SMILES string of the molecule is CN(CC(O)CO)c1ccc(C(C)(C)C)cc1. The molecule has 17 heavy (non-hydrogen) atoms. The van der Waals surface area contributed by atoms with E-state index in [1.54, 1.807) is 0 Å². The van der Waals surface area contributed by atoms with Crippen molar-refractivity contribution >= 4 is 5.69 Å². The van der Waals surface area contributed by atoms with Gasteiger partial charge in [-0.1, -0.05) is 32.9 Å². The molecule has 0 aliphatic carbocycles. The Bertz CT molecular complexity index is 340. The molecular formula is C14H23NO2. The Hall–Kier alpha value is -1.06. The zero-order valence-corrected chi connectivity index (χ0v) is 11.1. The minimum absolute atomic E-state index is 0.154. The third kappa shape index (κ3) is 4.02. The molecule has 0 fully saturated rings. The summed E-state index contributed by atoms with van der Waals surface area (Å²) >= 11 is 0. The summed E-state index contributed by atoms with van der Waals surface area (Å²) in [6.45, 7) is 6.78. The van der Waals surface area contributed by atoms with E-state index in [4.69, 9.17) is 5.11 Å². The zero-order chi connectivity index (χ0) is 13.1. The van der Waals surface area contributed by atoms with Gasteiger partial charge in [-0.05, 0) is 23.1 Å². The molecule has 0 bridgehead atoms. The number of rotatable bonds is 4. The van der Waals surface area contributed by atoms with Crippen molar-refractivity contribution in [2.45, 2.75) is 32.3 Å². The van der Waals surface area contributed by atoms with Crippen LogP contribution in [0.3, 0.4) is 0 Å². The first-order valence-corrected chi connectivity index (χ1v) is 5.95. The molecule has 2 N–H and O–H groups in total. The van der Waals surface area contributed by atoms with Crippen molar-refractivity contribution in [3.8, 4) is 0 Å². The van der Waals surface area contributed by atoms with Crippen LogP contribution in [-0.4, -0.2) is 36.5 Å². The van der Waals surface area contributed by atoms with E-state index in [9.17, 15) is 5.11 Å². The van der Waals surface area contributed by atoms with E-state index in [1.807, 2.05) is 24.1 Å². The van der Waals surface area contributed by atoms with E-state index in [0.29, 0.717) is 6.54 Å². The Balaban J connectivity index is 2.74. The number of hydrogen-bond acceptors (Lipinski definition) is 3. The molecule has 3 nitrogen and oxygen atoms in total. The third-order valence-corrected chi connectivity index (χ3v) is 2.87. The second-order valence-corrected chi connectivity index (χ2v) is 5.51. The van der Waals surface area contributed by atoms with Crippen LogP contribution in [0.5, 0.6) is 0 Å². The lowest BCUT2D eigenvalue weighted by atomic mass is 9.87. The fourth-order valence-electron chi connectivity index (χ4n) is 1.70. The Morgan fingerprint density at radius 1 is 1.18 bits per heavy atom. The smallest absolute Gasteiger partial charge is 0.0945 e. The summed E-state index contributed by atoms with van der Waals surface area (Å²) < 4.78 is 0. The lowest BCUT2D eigenvalue weighted by Crippen LogP contribution is -2.31. The second-order valence-electron chi connectivity index (χ2n) is 5.51. The molecule has 0 saturated carbocycles. The van der Waals surface area contributed by atoms with Gasteiger partial charge in [0, 0.05) is 19.3 Å². The highest BCUT2D eigenvalue weighted by molar-refractivity contribution is 5.47. The lowest BCUT2D eigenvalue weighted by molar-refractivity contribution is 0.101. The molecule has 0 heterocycles. The van der Waals surface area contributed by atoms with Crippen molar-refractivity contribution in [1.29, 1.82) is 0 Å². The lowest BCUT2D eigenvalue weighted by Gasteiger charge is -2.24. The maximum absolute atomic E-state index is 9.38. The van der Waals surface area contributed by atoms with Crippen molar-refractivity contribution in [2.75, 3.05) is 25.1 Å². The molecule has 0 spiro atoms. The predicted molar refractivity (Wildman–Crippen MR) is 71.5 cm³/mol. The minimum atomic E-state index is -0.692. The van der Waals surface area contributed by atoms with E-state index in [-0.39, 0.29) is 12.0 Å². The van der Waals surface area contributed by atoms with E-state index in [2.05, 4.69) is 32.9 Å². The van der Waals surface area contributed by atoms with Crippen LogP contribution in [0.15, 0.2) is 24.3 Å². The summed E-state index contributed by atoms with van der Waals surface area (Å²) in [5.74, 6) is 0. The number of nitrogens with zero attached hydrogens (tertiary/aromatic N) is 1. The van der Waals surface area contributed by atoms with E-state index < -0.39 is 6.10 Å². The van der Waals surface area contributed by atoms with Gasteiger partial charge in [0.25, 0.3) is 0 Å². The first-order chi connectivity index (χ1) is 7.84. The van der Waals surface area contributed by atoms with E-state index in [1.165, 1.54) is 5.56 Å². The average molecular weight is 237 g/mol. The summed E-state index contributed by atoms with van der Waals surface area (Å²) in [5, 5.41) is 18.2. The van der Waals surface area contributed by atoms with Crippen LogP contribution in [-0.2, 0) is 5.41 Å². The van der Waals surface area contributed by atoms with Gasteiger partial charge < -0.3 is 15.1 Å². The van der Waals surface area contributed by atoms with Gasteiger partial charge in [-0.15, -0.1) is 0 Å².